The van der Waals surface area contributed by atoms with Crippen LogP contribution in [0.5, 0.6) is 5.75 Å². The van der Waals surface area contributed by atoms with Gasteiger partial charge in [-0.2, -0.15) is 0 Å². The molecule has 3 heteroatoms. The minimum Gasteiger partial charge on any atom is -0.484 e. The predicted molar refractivity (Wildman–Crippen MR) is 44.2 cm³/mol. The maximum absolute atomic E-state index is 11.2. The Morgan fingerprint density at radius 3 is 3.08 bits per heavy atom. The third-order valence-electron chi connectivity index (χ3n) is 1.96. The molecule has 3 nitrogen and oxygen atoms in total. The van der Waals surface area contributed by atoms with Gasteiger partial charge in [-0.1, -0.05) is 12.1 Å². The van der Waals surface area contributed by atoms with Crippen molar-refractivity contribution < 1.29 is 9.53 Å². The maximum Gasteiger partial charge on any atom is 0.203 e. The molecule has 0 aromatic heterocycles. The lowest BCUT2D eigenvalue weighted by molar-refractivity contribution is 0.0961. The van der Waals surface area contributed by atoms with Crippen LogP contribution in [0.1, 0.15) is 15.9 Å². The Morgan fingerprint density at radius 2 is 2.33 bits per heavy atom. The van der Waals surface area contributed by atoms with Gasteiger partial charge in [-0.15, -0.1) is 0 Å². The second kappa shape index (κ2) is 2.60. The van der Waals surface area contributed by atoms with E-state index in [4.69, 9.17) is 10.5 Å². The number of nitrogens with two attached hydrogens (primary N) is 1. The van der Waals surface area contributed by atoms with E-state index in [0.717, 1.165) is 5.56 Å². The van der Waals surface area contributed by atoms with Crippen molar-refractivity contribution in [3.05, 3.63) is 29.3 Å². The van der Waals surface area contributed by atoms with Crippen LogP contribution in [0.3, 0.4) is 0 Å². The van der Waals surface area contributed by atoms with Crippen LogP contribution in [0.25, 0.3) is 0 Å². The SMILES string of the molecule is NCc1cccc2c1OCC2=O. The van der Waals surface area contributed by atoms with Gasteiger partial charge >= 0.3 is 0 Å². The number of carbonyl (C=O) groups excluding carboxylic acids is 1. The van der Waals surface area contributed by atoms with Crippen molar-refractivity contribution in [3.8, 4) is 5.75 Å². The highest BCUT2D eigenvalue weighted by Gasteiger charge is 2.22. The summed E-state index contributed by atoms with van der Waals surface area (Å²) in [4.78, 5) is 11.2. The summed E-state index contributed by atoms with van der Waals surface area (Å²) in [7, 11) is 0. The van der Waals surface area contributed by atoms with E-state index in [1.807, 2.05) is 12.1 Å². The summed E-state index contributed by atoms with van der Waals surface area (Å²) in [5, 5.41) is 0. The summed E-state index contributed by atoms with van der Waals surface area (Å²) in [5.41, 5.74) is 7.04. The number of para-hydroxylation sites is 1. The first kappa shape index (κ1) is 7.31. The third kappa shape index (κ3) is 0.905. The van der Waals surface area contributed by atoms with Gasteiger partial charge in [0, 0.05) is 12.1 Å². The normalized spacial score (nSPS) is 14.2. The number of hydrogen-bond donors (Lipinski definition) is 1. The smallest absolute Gasteiger partial charge is 0.203 e. The fraction of sp³-hybridized carbons (Fsp3) is 0.222. The van der Waals surface area contributed by atoms with Gasteiger partial charge in [-0.05, 0) is 6.07 Å². The van der Waals surface area contributed by atoms with Crippen LogP contribution in [0.2, 0.25) is 0 Å². The summed E-state index contributed by atoms with van der Waals surface area (Å²) in [6.07, 6.45) is 0. The van der Waals surface area contributed by atoms with Gasteiger partial charge in [-0.25, -0.2) is 0 Å². The maximum atomic E-state index is 11.2. The first-order valence-corrected chi connectivity index (χ1v) is 3.81. The zero-order chi connectivity index (χ0) is 8.55. The van der Waals surface area contributed by atoms with Crippen LogP contribution < -0.4 is 10.5 Å². The fourth-order valence-electron chi connectivity index (χ4n) is 1.35. The molecule has 0 saturated carbocycles. The average Bonchev–Trinajstić information content (AvgIpc) is 2.48. The van der Waals surface area contributed by atoms with Crippen molar-refractivity contribution in [1.82, 2.24) is 0 Å². The van der Waals surface area contributed by atoms with E-state index in [0.29, 0.717) is 17.9 Å². The van der Waals surface area contributed by atoms with Crippen LogP contribution in [-0.4, -0.2) is 12.4 Å². The fourth-order valence-corrected chi connectivity index (χ4v) is 1.35. The number of hydrogen-bond acceptors (Lipinski definition) is 3. The second-order valence-electron chi connectivity index (χ2n) is 2.71. The number of rotatable bonds is 1. The Kier molecular flexibility index (Phi) is 1.59. The summed E-state index contributed by atoms with van der Waals surface area (Å²) < 4.78 is 5.20. The molecule has 1 aromatic rings. The van der Waals surface area contributed by atoms with E-state index >= 15 is 0 Å². The molecule has 12 heavy (non-hydrogen) atoms. The topological polar surface area (TPSA) is 52.3 Å². The largest absolute Gasteiger partial charge is 0.484 e. The lowest BCUT2D eigenvalue weighted by atomic mass is 10.1. The van der Waals surface area contributed by atoms with Crippen molar-refractivity contribution in [1.29, 1.82) is 0 Å². The van der Waals surface area contributed by atoms with Gasteiger partial charge in [-0.3, -0.25) is 4.79 Å². The van der Waals surface area contributed by atoms with Crippen molar-refractivity contribution >= 4 is 5.78 Å². The highest BCUT2D eigenvalue weighted by atomic mass is 16.5. The van der Waals surface area contributed by atoms with Crippen molar-refractivity contribution in [2.45, 2.75) is 6.54 Å². The molecular formula is C9H9NO2. The van der Waals surface area contributed by atoms with E-state index in [-0.39, 0.29) is 12.4 Å². The number of ether oxygens (including phenoxy) is 1. The Hall–Kier alpha value is -1.35. The zero-order valence-corrected chi connectivity index (χ0v) is 6.54. The first-order valence-electron chi connectivity index (χ1n) is 3.81. The van der Waals surface area contributed by atoms with E-state index in [9.17, 15) is 4.79 Å². The van der Waals surface area contributed by atoms with E-state index in [1.54, 1.807) is 6.07 Å². The average molecular weight is 163 g/mol. The molecule has 0 atom stereocenters. The van der Waals surface area contributed by atoms with Gasteiger partial charge < -0.3 is 10.5 Å². The molecule has 2 rings (SSSR count). The Labute approximate surface area is 70.1 Å². The zero-order valence-electron chi connectivity index (χ0n) is 6.54. The molecule has 0 spiro atoms. The van der Waals surface area contributed by atoms with Crippen LogP contribution in [-0.2, 0) is 6.54 Å². The molecule has 0 unspecified atom stereocenters. The lowest BCUT2D eigenvalue weighted by Crippen LogP contribution is -1.99. The van der Waals surface area contributed by atoms with Crippen molar-refractivity contribution in [2.75, 3.05) is 6.61 Å². The minimum atomic E-state index is 0.0419. The summed E-state index contributed by atoms with van der Waals surface area (Å²) in [6.45, 7) is 0.572. The Morgan fingerprint density at radius 1 is 1.50 bits per heavy atom. The Bertz CT molecular complexity index is 333. The quantitative estimate of drug-likeness (QED) is 0.663. The minimum absolute atomic E-state index is 0.0419. The monoisotopic (exact) mass is 163 g/mol. The van der Waals surface area contributed by atoms with Gasteiger partial charge in [0.05, 0.1) is 5.56 Å². The molecule has 1 aromatic carbocycles. The van der Waals surface area contributed by atoms with Gasteiger partial charge in [0.15, 0.2) is 6.61 Å². The van der Waals surface area contributed by atoms with Crippen LogP contribution in [0.4, 0.5) is 0 Å². The predicted octanol–water partition coefficient (Wildman–Crippen LogP) is 0.720. The molecule has 0 bridgehead atoms. The highest BCUT2D eigenvalue weighted by Crippen LogP contribution is 2.28. The molecule has 0 fully saturated rings. The molecular weight excluding hydrogens is 154 g/mol. The van der Waals surface area contributed by atoms with Crippen molar-refractivity contribution in [3.63, 3.8) is 0 Å². The molecule has 1 heterocycles. The van der Waals surface area contributed by atoms with Crippen LogP contribution in [0.15, 0.2) is 18.2 Å². The summed E-state index contributed by atoms with van der Waals surface area (Å²) >= 11 is 0. The lowest BCUT2D eigenvalue weighted by Gasteiger charge is -2.02. The number of carbonyl (C=O) groups is 1. The van der Waals surface area contributed by atoms with Gasteiger partial charge in [0.2, 0.25) is 5.78 Å². The van der Waals surface area contributed by atoms with Crippen molar-refractivity contribution in [2.24, 2.45) is 5.73 Å². The molecule has 1 aliphatic rings. The van der Waals surface area contributed by atoms with Crippen LogP contribution in [0, 0.1) is 0 Å². The van der Waals surface area contributed by atoms with Gasteiger partial charge in [0.1, 0.15) is 5.75 Å². The standard InChI is InChI=1S/C9H9NO2/c10-4-6-2-1-3-7-8(11)5-12-9(6)7/h1-3H,4-5,10H2. The molecule has 0 aliphatic carbocycles. The molecule has 2 N–H and O–H groups in total. The number of fused-ring (bicyclic) bond motifs is 1. The number of Topliss-reactive ketones (excluding diaryl/α,β-unsaturated/α-hetero) is 1. The van der Waals surface area contributed by atoms with E-state index in [2.05, 4.69) is 0 Å². The van der Waals surface area contributed by atoms with Gasteiger partial charge in [0.25, 0.3) is 0 Å². The molecule has 0 radical (unpaired) electrons. The molecule has 62 valence electrons. The second-order valence-corrected chi connectivity index (χ2v) is 2.71. The molecule has 0 saturated heterocycles. The summed E-state index contributed by atoms with van der Waals surface area (Å²) in [5.74, 6) is 0.713. The number of benzene rings is 1. The first-order chi connectivity index (χ1) is 5.83. The number of ketones is 1. The third-order valence-corrected chi connectivity index (χ3v) is 1.96. The van der Waals surface area contributed by atoms with E-state index < -0.39 is 0 Å². The van der Waals surface area contributed by atoms with Crippen LogP contribution >= 0.6 is 0 Å². The Balaban J connectivity index is 2.58. The van der Waals surface area contributed by atoms with E-state index in [1.165, 1.54) is 0 Å². The molecule has 0 amide bonds. The summed E-state index contributed by atoms with van der Waals surface area (Å²) in [6, 6.07) is 5.47. The molecule has 1 aliphatic heterocycles. The highest BCUT2D eigenvalue weighted by molar-refractivity contribution is 6.02.